The van der Waals surface area contributed by atoms with Gasteiger partial charge in [-0.25, -0.2) is 0 Å². The fourth-order valence-electron chi connectivity index (χ4n) is 7.91. The minimum atomic E-state index is -0.130. The van der Waals surface area contributed by atoms with Crippen LogP contribution in [0, 0.1) is 0 Å². The third-order valence-electron chi connectivity index (χ3n) is 10.5. The van der Waals surface area contributed by atoms with Crippen LogP contribution in [0.1, 0.15) is 25.0 Å². The lowest BCUT2D eigenvalue weighted by molar-refractivity contribution is 0.660. The normalized spacial score (nSPS) is 12.6. The van der Waals surface area contributed by atoms with Gasteiger partial charge in [-0.15, -0.1) is 0 Å². The molecule has 8 aromatic rings. The molecule has 7 aromatic carbocycles. The molecule has 0 saturated heterocycles. The second-order valence-corrected chi connectivity index (χ2v) is 14.0. The molecule has 52 heavy (non-hydrogen) atoms. The minimum absolute atomic E-state index is 0.130. The first-order valence-electron chi connectivity index (χ1n) is 18.0. The first-order chi connectivity index (χ1) is 25.5. The number of rotatable bonds is 7. The summed E-state index contributed by atoms with van der Waals surface area (Å²) in [5.74, 6) is 0. The number of hydrogen-bond donors (Lipinski definition) is 0. The number of pyridine rings is 1. The molecule has 0 amide bonds. The summed E-state index contributed by atoms with van der Waals surface area (Å²) in [7, 11) is 0. The molecule has 0 bridgehead atoms. The van der Waals surface area contributed by atoms with Crippen LogP contribution in [0.5, 0.6) is 0 Å². The van der Waals surface area contributed by atoms with E-state index in [1.807, 2.05) is 6.20 Å². The van der Waals surface area contributed by atoms with Crippen LogP contribution < -0.4 is 4.90 Å². The fourth-order valence-corrected chi connectivity index (χ4v) is 7.91. The van der Waals surface area contributed by atoms with E-state index >= 15 is 0 Å². The van der Waals surface area contributed by atoms with Gasteiger partial charge >= 0.3 is 0 Å². The van der Waals surface area contributed by atoms with Crippen molar-refractivity contribution in [2.45, 2.75) is 19.3 Å². The number of aromatic nitrogens is 1. The zero-order valence-corrected chi connectivity index (χ0v) is 29.4. The van der Waals surface area contributed by atoms with Crippen molar-refractivity contribution < 1.29 is 0 Å². The van der Waals surface area contributed by atoms with Gasteiger partial charge in [0.05, 0.1) is 5.69 Å². The topological polar surface area (TPSA) is 16.1 Å². The molecule has 2 nitrogen and oxygen atoms in total. The predicted octanol–water partition coefficient (Wildman–Crippen LogP) is 13.5. The van der Waals surface area contributed by atoms with Crippen molar-refractivity contribution >= 4 is 17.1 Å². The van der Waals surface area contributed by atoms with Gasteiger partial charge in [-0.1, -0.05) is 153 Å². The Morgan fingerprint density at radius 1 is 0.385 bits per heavy atom. The standard InChI is InChI=1S/C50H38N2/c1-50(2)47-20-11-33-51-49(47)46-19-10-18-45(48(46)50)41-17-9-16-40(34-41)39-25-31-44(32-26-39)52(42-27-21-37(22-28-42)35-12-5-3-6-13-35)43-29-23-38(24-30-43)36-14-7-4-8-15-36/h3-34H,1-2H3. The number of anilines is 3. The van der Waals surface area contributed by atoms with Crippen LogP contribution >= 0.6 is 0 Å². The molecule has 0 spiro atoms. The van der Waals surface area contributed by atoms with Crippen LogP contribution in [-0.4, -0.2) is 4.98 Å². The van der Waals surface area contributed by atoms with E-state index in [-0.39, 0.29) is 5.41 Å². The summed E-state index contributed by atoms with van der Waals surface area (Å²) < 4.78 is 0. The quantitative estimate of drug-likeness (QED) is 0.168. The fraction of sp³-hybridized carbons (Fsp3) is 0.0600. The zero-order valence-electron chi connectivity index (χ0n) is 29.4. The number of fused-ring (bicyclic) bond motifs is 3. The SMILES string of the molecule is CC1(C)c2cccnc2-c2cccc(-c3cccc(-c4ccc(N(c5ccc(-c6ccccc6)cc5)c5ccc(-c6ccccc6)cc5)cc4)c3)c21. The zero-order chi connectivity index (χ0) is 35.1. The number of benzene rings is 7. The first kappa shape index (κ1) is 31.5. The van der Waals surface area contributed by atoms with E-state index in [1.165, 1.54) is 61.2 Å². The second kappa shape index (κ2) is 13.0. The van der Waals surface area contributed by atoms with Crippen molar-refractivity contribution in [3.05, 3.63) is 205 Å². The Hall–Kier alpha value is -6.51. The van der Waals surface area contributed by atoms with Gasteiger partial charge in [-0.3, -0.25) is 4.98 Å². The Balaban J connectivity index is 1.07. The molecular weight excluding hydrogens is 629 g/mol. The Morgan fingerprint density at radius 2 is 0.827 bits per heavy atom. The number of hydrogen-bond acceptors (Lipinski definition) is 2. The van der Waals surface area contributed by atoms with E-state index in [0.29, 0.717) is 0 Å². The lowest BCUT2D eigenvalue weighted by Crippen LogP contribution is -2.16. The van der Waals surface area contributed by atoms with E-state index in [0.717, 1.165) is 22.8 Å². The maximum atomic E-state index is 4.79. The molecule has 9 rings (SSSR count). The van der Waals surface area contributed by atoms with Gasteiger partial charge in [-0.2, -0.15) is 0 Å². The maximum Gasteiger partial charge on any atom is 0.0746 e. The van der Waals surface area contributed by atoms with Crippen LogP contribution in [0.15, 0.2) is 194 Å². The molecule has 0 N–H and O–H groups in total. The summed E-state index contributed by atoms with van der Waals surface area (Å²) in [6.45, 7) is 4.64. The molecule has 0 unspecified atom stereocenters. The Kier molecular flexibility index (Phi) is 7.86. The highest BCUT2D eigenvalue weighted by Gasteiger charge is 2.38. The van der Waals surface area contributed by atoms with Crippen molar-refractivity contribution in [3.8, 4) is 55.8 Å². The van der Waals surface area contributed by atoms with E-state index in [1.54, 1.807) is 0 Å². The van der Waals surface area contributed by atoms with Crippen LogP contribution in [0.2, 0.25) is 0 Å². The van der Waals surface area contributed by atoms with Gasteiger partial charge in [0, 0.05) is 34.2 Å². The maximum absolute atomic E-state index is 4.79. The molecule has 1 aromatic heterocycles. The van der Waals surface area contributed by atoms with Gasteiger partial charge in [0.2, 0.25) is 0 Å². The molecule has 0 saturated carbocycles. The van der Waals surface area contributed by atoms with Crippen LogP contribution in [-0.2, 0) is 5.41 Å². The highest BCUT2D eigenvalue weighted by molar-refractivity contribution is 5.88. The summed E-state index contributed by atoms with van der Waals surface area (Å²) in [5, 5.41) is 0. The molecule has 0 fully saturated rings. The van der Waals surface area contributed by atoms with Crippen LogP contribution in [0.4, 0.5) is 17.1 Å². The van der Waals surface area contributed by atoms with Gasteiger partial charge in [0.25, 0.3) is 0 Å². The Bertz CT molecular complexity index is 2410. The van der Waals surface area contributed by atoms with Gasteiger partial charge < -0.3 is 4.90 Å². The average molecular weight is 667 g/mol. The van der Waals surface area contributed by atoms with Crippen molar-refractivity contribution in [2.75, 3.05) is 4.90 Å². The summed E-state index contributed by atoms with van der Waals surface area (Å²) in [6.07, 6.45) is 1.90. The summed E-state index contributed by atoms with van der Waals surface area (Å²) in [5.41, 5.74) is 17.9. The molecule has 1 aliphatic carbocycles. The monoisotopic (exact) mass is 666 g/mol. The average Bonchev–Trinajstić information content (AvgIpc) is 3.45. The van der Waals surface area contributed by atoms with Crippen molar-refractivity contribution in [1.82, 2.24) is 4.98 Å². The van der Waals surface area contributed by atoms with Gasteiger partial charge in [-0.05, 0) is 104 Å². The molecule has 1 aliphatic rings. The highest BCUT2D eigenvalue weighted by Crippen LogP contribution is 2.51. The minimum Gasteiger partial charge on any atom is -0.311 e. The molecule has 0 radical (unpaired) electrons. The molecule has 1 heterocycles. The van der Waals surface area contributed by atoms with Crippen molar-refractivity contribution in [2.24, 2.45) is 0 Å². The summed E-state index contributed by atoms with van der Waals surface area (Å²) >= 11 is 0. The highest BCUT2D eigenvalue weighted by atomic mass is 15.1. The lowest BCUT2D eigenvalue weighted by Gasteiger charge is -2.26. The third-order valence-corrected chi connectivity index (χ3v) is 10.5. The molecule has 0 aliphatic heterocycles. The van der Waals surface area contributed by atoms with E-state index < -0.39 is 0 Å². The summed E-state index contributed by atoms with van der Waals surface area (Å²) in [6, 6.07) is 67.7. The van der Waals surface area contributed by atoms with Gasteiger partial charge in [0.1, 0.15) is 0 Å². The van der Waals surface area contributed by atoms with Crippen LogP contribution in [0.3, 0.4) is 0 Å². The Morgan fingerprint density at radius 3 is 1.38 bits per heavy atom. The van der Waals surface area contributed by atoms with Crippen molar-refractivity contribution in [1.29, 1.82) is 0 Å². The molecule has 248 valence electrons. The second-order valence-electron chi connectivity index (χ2n) is 14.0. The van der Waals surface area contributed by atoms with E-state index in [2.05, 4.69) is 207 Å². The summed E-state index contributed by atoms with van der Waals surface area (Å²) in [4.78, 5) is 7.13. The molecule has 0 atom stereocenters. The van der Waals surface area contributed by atoms with Crippen LogP contribution in [0.25, 0.3) is 55.8 Å². The third kappa shape index (κ3) is 5.59. The molecular formula is C50H38N2. The van der Waals surface area contributed by atoms with Crippen molar-refractivity contribution in [3.63, 3.8) is 0 Å². The van der Waals surface area contributed by atoms with E-state index in [9.17, 15) is 0 Å². The largest absolute Gasteiger partial charge is 0.311 e. The molecule has 2 heteroatoms. The first-order valence-corrected chi connectivity index (χ1v) is 18.0. The Labute approximate surface area is 306 Å². The van der Waals surface area contributed by atoms with E-state index in [4.69, 9.17) is 4.98 Å². The smallest absolute Gasteiger partial charge is 0.0746 e. The predicted molar refractivity (Wildman–Crippen MR) is 218 cm³/mol. The number of nitrogens with zero attached hydrogens (tertiary/aromatic N) is 2. The lowest BCUT2D eigenvalue weighted by atomic mass is 9.79. The van der Waals surface area contributed by atoms with Gasteiger partial charge in [0.15, 0.2) is 0 Å².